The van der Waals surface area contributed by atoms with Gasteiger partial charge in [0.1, 0.15) is 0 Å². The van der Waals surface area contributed by atoms with E-state index in [2.05, 4.69) is 6.07 Å². The van der Waals surface area contributed by atoms with Crippen LogP contribution in [0, 0.1) is 13.8 Å². The van der Waals surface area contributed by atoms with Gasteiger partial charge in [0, 0.05) is 12.0 Å². The average molecular weight is 235 g/mol. The van der Waals surface area contributed by atoms with Crippen LogP contribution >= 0.6 is 0 Å². The first-order valence-corrected chi connectivity index (χ1v) is 6.00. The molecule has 3 N–H and O–H groups in total. The van der Waals surface area contributed by atoms with Gasteiger partial charge in [-0.3, -0.25) is 4.79 Å². The van der Waals surface area contributed by atoms with Gasteiger partial charge in [-0.05, 0) is 31.4 Å². The van der Waals surface area contributed by atoms with Crippen molar-refractivity contribution in [2.24, 2.45) is 5.73 Å². The zero-order valence-corrected chi connectivity index (χ0v) is 10.7. The van der Waals surface area contributed by atoms with Gasteiger partial charge in [-0.25, -0.2) is 0 Å². The van der Waals surface area contributed by atoms with Crippen molar-refractivity contribution in [2.75, 3.05) is 0 Å². The number of hydrogen-bond donors (Lipinski definition) is 2. The number of nitrogens with two attached hydrogens (primary N) is 1. The molecule has 0 amide bonds. The maximum absolute atomic E-state index is 10.9. The molecule has 0 aliphatic carbocycles. The minimum Gasteiger partial charge on any atom is -0.481 e. The molecule has 0 aromatic heterocycles. The molecular weight excluding hydrogens is 214 g/mol. The fourth-order valence-corrected chi connectivity index (χ4v) is 2.12. The Morgan fingerprint density at radius 3 is 2.59 bits per heavy atom. The number of aryl methyl sites for hydroxylation is 2. The summed E-state index contributed by atoms with van der Waals surface area (Å²) >= 11 is 0. The van der Waals surface area contributed by atoms with Crippen LogP contribution in [-0.2, 0) is 4.79 Å². The minimum atomic E-state index is -0.792. The van der Waals surface area contributed by atoms with Crippen molar-refractivity contribution >= 4 is 5.97 Å². The lowest BCUT2D eigenvalue weighted by Gasteiger charge is -2.24. The maximum atomic E-state index is 10.9. The molecule has 0 aliphatic rings. The smallest absolute Gasteiger partial charge is 0.304 e. The molecule has 1 rings (SSSR count). The number of carboxylic acid groups (broad SMARTS) is 1. The first kappa shape index (κ1) is 13.7. The highest BCUT2D eigenvalue weighted by Crippen LogP contribution is 2.28. The molecule has 1 aromatic carbocycles. The molecule has 0 bridgehead atoms. The third-order valence-corrected chi connectivity index (χ3v) is 3.22. The summed E-state index contributed by atoms with van der Waals surface area (Å²) in [5.41, 5.74) is 9.38. The Morgan fingerprint density at radius 2 is 2.06 bits per heavy atom. The maximum Gasteiger partial charge on any atom is 0.304 e. The van der Waals surface area contributed by atoms with Crippen LogP contribution in [0.3, 0.4) is 0 Å². The second-order valence-corrected chi connectivity index (χ2v) is 4.64. The van der Waals surface area contributed by atoms with Gasteiger partial charge in [0.05, 0.1) is 6.42 Å². The molecule has 94 valence electrons. The van der Waals surface area contributed by atoms with E-state index < -0.39 is 5.97 Å². The van der Waals surface area contributed by atoms with Crippen molar-refractivity contribution < 1.29 is 9.90 Å². The Balaban J connectivity index is 3.11. The van der Waals surface area contributed by atoms with Crippen molar-refractivity contribution in [3.05, 3.63) is 34.9 Å². The van der Waals surface area contributed by atoms with E-state index in [-0.39, 0.29) is 18.4 Å². The second-order valence-electron chi connectivity index (χ2n) is 4.64. The SMILES string of the molecule is CCC(N)C(CC(=O)O)c1cc(C)ccc1C. The Bertz CT molecular complexity index is 401. The van der Waals surface area contributed by atoms with E-state index in [1.54, 1.807) is 0 Å². The second kappa shape index (κ2) is 5.82. The van der Waals surface area contributed by atoms with Crippen LogP contribution in [0.5, 0.6) is 0 Å². The lowest BCUT2D eigenvalue weighted by molar-refractivity contribution is -0.137. The molecule has 0 fully saturated rings. The summed E-state index contributed by atoms with van der Waals surface area (Å²) in [6.07, 6.45) is 0.880. The Morgan fingerprint density at radius 1 is 1.41 bits per heavy atom. The number of carbonyl (C=O) groups is 1. The summed E-state index contributed by atoms with van der Waals surface area (Å²) in [7, 11) is 0. The number of carboxylic acids is 1. The normalized spacial score (nSPS) is 14.4. The highest BCUT2D eigenvalue weighted by molar-refractivity contribution is 5.68. The molecule has 0 radical (unpaired) electrons. The molecule has 3 nitrogen and oxygen atoms in total. The van der Waals surface area contributed by atoms with Gasteiger partial charge in [-0.2, -0.15) is 0 Å². The van der Waals surface area contributed by atoms with Crippen molar-refractivity contribution in [3.8, 4) is 0 Å². The van der Waals surface area contributed by atoms with E-state index in [9.17, 15) is 4.79 Å². The number of aliphatic carboxylic acids is 1. The number of hydrogen-bond acceptors (Lipinski definition) is 2. The molecule has 2 atom stereocenters. The van der Waals surface area contributed by atoms with Gasteiger partial charge in [-0.1, -0.05) is 30.7 Å². The summed E-state index contributed by atoms with van der Waals surface area (Å²) in [5, 5.41) is 8.99. The molecule has 0 spiro atoms. The van der Waals surface area contributed by atoms with Gasteiger partial charge in [0.25, 0.3) is 0 Å². The van der Waals surface area contributed by atoms with Crippen LogP contribution in [0.2, 0.25) is 0 Å². The van der Waals surface area contributed by atoms with E-state index in [0.717, 1.165) is 23.1 Å². The van der Waals surface area contributed by atoms with Crippen molar-refractivity contribution in [1.82, 2.24) is 0 Å². The van der Waals surface area contributed by atoms with Crippen LogP contribution in [-0.4, -0.2) is 17.1 Å². The predicted molar refractivity (Wildman–Crippen MR) is 69.2 cm³/mol. The average Bonchev–Trinajstić information content (AvgIpc) is 2.28. The third-order valence-electron chi connectivity index (χ3n) is 3.22. The lowest BCUT2D eigenvalue weighted by Crippen LogP contribution is -2.30. The molecule has 0 saturated carbocycles. The van der Waals surface area contributed by atoms with Crippen molar-refractivity contribution in [2.45, 2.75) is 45.6 Å². The zero-order valence-electron chi connectivity index (χ0n) is 10.7. The van der Waals surface area contributed by atoms with E-state index in [4.69, 9.17) is 10.8 Å². The summed E-state index contributed by atoms with van der Waals surface area (Å²) in [4.78, 5) is 10.9. The molecular formula is C14H21NO2. The van der Waals surface area contributed by atoms with Crippen LogP contribution in [0.15, 0.2) is 18.2 Å². The van der Waals surface area contributed by atoms with Crippen molar-refractivity contribution in [3.63, 3.8) is 0 Å². The molecule has 0 saturated heterocycles. The summed E-state index contributed by atoms with van der Waals surface area (Å²) in [5.74, 6) is -0.891. The first-order valence-electron chi connectivity index (χ1n) is 6.00. The van der Waals surface area contributed by atoms with Crippen molar-refractivity contribution in [1.29, 1.82) is 0 Å². The fourth-order valence-electron chi connectivity index (χ4n) is 2.12. The molecule has 0 heterocycles. The minimum absolute atomic E-state index is 0.0965. The largest absolute Gasteiger partial charge is 0.481 e. The first-order chi connectivity index (χ1) is 7.95. The Kier molecular flexibility index (Phi) is 4.70. The quantitative estimate of drug-likeness (QED) is 0.824. The van der Waals surface area contributed by atoms with E-state index in [0.29, 0.717) is 0 Å². The lowest BCUT2D eigenvalue weighted by atomic mass is 9.84. The van der Waals surface area contributed by atoms with E-state index >= 15 is 0 Å². The summed E-state index contributed by atoms with van der Waals surface area (Å²) in [6.45, 7) is 6.01. The number of benzene rings is 1. The summed E-state index contributed by atoms with van der Waals surface area (Å²) < 4.78 is 0. The molecule has 2 unspecified atom stereocenters. The summed E-state index contributed by atoms with van der Waals surface area (Å²) in [6, 6.07) is 6.01. The highest BCUT2D eigenvalue weighted by Gasteiger charge is 2.23. The number of rotatable bonds is 5. The van der Waals surface area contributed by atoms with Crippen LogP contribution < -0.4 is 5.73 Å². The predicted octanol–water partition coefficient (Wildman–Crippen LogP) is 2.60. The Labute approximate surface area is 103 Å². The van der Waals surface area contributed by atoms with Gasteiger partial charge < -0.3 is 10.8 Å². The topological polar surface area (TPSA) is 63.3 Å². The van der Waals surface area contributed by atoms with Crippen LogP contribution in [0.25, 0.3) is 0 Å². The standard InChI is InChI=1S/C14H21NO2/c1-4-13(15)12(8-14(16)17)11-7-9(2)5-6-10(11)3/h5-7,12-13H,4,8,15H2,1-3H3,(H,16,17). The monoisotopic (exact) mass is 235 g/mol. The third kappa shape index (κ3) is 3.56. The molecule has 17 heavy (non-hydrogen) atoms. The van der Waals surface area contributed by atoms with Gasteiger partial charge in [-0.15, -0.1) is 0 Å². The van der Waals surface area contributed by atoms with Gasteiger partial charge in [0.2, 0.25) is 0 Å². The molecule has 1 aromatic rings. The fraction of sp³-hybridized carbons (Fsp3) is 0.500. The van der Waals surface area contributed by atoms with Crippen LogP contribution in [0.1, 0.15) is 42.4 Å². The zero-order chi connectivity index (χ0) is 13.0. The van der Waals surface area contributed by atoms with E-state index in [1.807, 2.05) is 32.9 Å². The van der Waals surface area contributed by atoms with Gasteiger partial charge >= 0.3 is 5.97 Å². The van der Waals surface area contributed by atoms with Gasteiger partial charge in [0.15, 0.2) is 0 Å². The highest BCUT2D eigenvalue weighted by atomic mass is 16.4. The Hall–Kier alpha value is -1.35. The van der Waals surface area contributed by atoms with E-state index in [1.165, 1.54) is 0 Å². The van der Waals surface area contributed by atoms with Crippen LogP contribution in [0.4, 0.5) is 0 Å². The molecule has 3 heteroatoms. The molecule has 0 aliphatic heterocycles.